The molecular weight excluding hydrogens is 330 g/mol. The van der Waals surface area contributed by atoms with Crippen LogP contribution >= 0.6 is 15.9 Å². The van der Waals surface area contributed by atoms with Crippen LogP contribution < -0.4 is 14.8 Å². The zero-order valence-corrected chi connectivity index (χ0v) is 13.6. The van der Waals surface area contributed by atoms with Gasteiger partial charge in [-0.2, -0.15) is 0 Å². The highest BCUT2D eigenvalue weighted by atomic mass is 79.9. The van der Waals surface area contributed by atoms with Gasteiger partial charge in [0, 0.05) is 29.2 Å². The minimum Gasteiger partial charge on any atom is -0.490 e. The van der Waals surface area contributed by atoms with E-state index in [0.717, 1.165) is 41.2 Å². The lowest BCUT2D eigenvalue weighted by atomic mass is 10.1. The molecule has 110 valence electrons. The van der Waals surface area contributed by atoms with Gasteiger partial charge in [0.1, 0.15) is 0 Å². The van der Waals surface area contributed by atoms with Gasteiger partial charge in [0.2, 0.25) is 0 Å². The lowest BCUT2D eigenvalue weighted by Gasteiger charge is -2.12. The maximum Gasteiger partial charge on any atom is 0.163 e. The van der Waals surface area contributed by atoms with Gasteiger partial charge in [0.25, 0.3) is 0 Å². The van der Waals surface area contributed by atoms with E-state index < -0.39 is 0 Å². The summed E-state index contributed by atoms with van der Waals surface area (Å²) in [5.41, 5.74) is 3.51. The topological polar surface area (TPSA) is 30.5 Å². The molecule has 2 aromatic rings. The maximum absolute atomic E-state index is 5.71. The minimum atomic E-state index is 0.708. The van der Waals surface area contributed by atoms with Gasteiger partial charge in [0.05, 0.1) is 13.2 Å². The molecule has 1 aliphatic heterocycles. The molecule has 0 atom stereocenters. The highest BCUT2D eigenvalue weighted by molar-refractivity contribution is 9.10. The molecule has 0 spiro atoms. The van der Waals surface area contributed by atoms with Gasteiger partial charge < -0.3 is 14.8 Å². The van der Waals surface area contributed by atoms with Gasteiger partial charge in [-0.3, -0.25) is 0 Å². The number of nitrogens with one attached hydrogen (secondary N) is 1. The van der Waals surface area contributed by atoms with Crippen LogP contribution in [0, 0.1) is 6.92 Å². The Bertz CT molecular complexity index is 643. The summed E-state index contributed by atoms with van der Waals surface area (Å²) in [6.07, 6.45) is 0.924. The van der Waals surface area contributed by atoms with Gasteiger partial charge in [-0.15, -0.1) is 0 Å². The van der Waals surface area contributed by atoms with E-state index >= 15 is 0 Å². The summed E-state index contributed by atoms with van der Waals surface area (Å²) in [5, 5.41) is 3.43. The fourth-order valence-corrected chi connectivity index (χ4v) is 2.90. The number of ether oxygens (including phenoxy) is 2. The summed E-state index contributed by atoms with van der Waals surface area (Å²) in [5.74, 6) is 1.65. The fraction of sp³-hybridized carbons (Fsp3) is 0.294. The molecule has 2 aromatic carbocycles. The van der Waals surface area contributed by atoms with Crippen molar-refractivity contribution in [1.82, 2.24) is 0 Å². The Morgan fingerprint density at radius 3 is 2.67 bits per heavy atom. The van der Waals surface area contributed by atoms with Crippen LogP contribution in [0.15, 0.2) is 40.9 Å². The monoisotopic (exact) mass is 347 g/mol. The van der Waals surface area contributed by atoms with E-state index in [1.807, 2.05) is 18.2 Å². The summed E-state index contributed by atoms with van der Waals surface area (Å²) >= 11 is 3.61. The number of rotatable bonds is 3. The Kier molecular flexibility index (Phi) is 4.34. The van der Waals surface area contributed by atoms with Crippen LogP contribution in [0.5, 0.6) is 11.5 Å². The zero-order chi connectivity index (χ0) is 14.7. The van der Waals surface area contributed by atoms with Crippen LogP contribution in [-0.4, -0.2) is 13.2 Å². The molecule has 0 amide bonds. The van der Waals surface area contributed by atoms with Crippen LogP contribution in [-0.2, 0) is 6.54 Å². The molecule has 0 saturated heterocycles. The molecule has 1 aliphatic rings. The highest BCUT2D eigenvalue weighted by Crippen LogP contribution is 2.32. The van der Waals surface area contributed by atoms with Gasteiger partial charge >= 0.3 is 0 Å². The first-order chi connectivity index (χ1) is 10.2. The molecule has 0 aliphatic carbocycles. The zero-order valence-electron chi connectivity index (χ0n) is 12.0. The van der Waals surface area contributed by atoms with Crippen LogP contribution in [0.4, 0.5) is 5.69 Å². The third kappa shape index (κ3) is 3.50. The Balaban J connectivity index is 1.72. The van der Waals surface area contributed by atoms with Crippen molar-refractivity contribution in [3.05, 3.63) is 52.0 Å². The number of benzene rings is 2. The van der Waals surface area contributed by atoms with E-state index in [-0.39, 0.29) is 0 Å². The molecule has 4 heteroatoms. The van der Waals surface area contributed by atoms with Crippen molar-refractivity contribution in [3.8, 4) is 11.5 Å². The largest absolute Gasteiger partial charge is 0.490 e. The third-order valence-electron chi connectivity index (χ3n) is 3.44. The van der Waals surface area contributed by atoms with Crippen molar-refractivity contribution in [2.45, 2.75) is 19.9 Å². The molecule has 0 unspecified atom stereocenters. The second-order valence-corrected chi connectivity index (χ2v) is 6.01. The van der Waals surface area contributed by atoms with Crippen LogP contribution in [0.1, 0.15) is 17.5 Å². The van der Waals surface area contributed by atoms with Gasteiger partial charge in [-0.25, -0.2) is 0 Å². The van der Waals surface area contributed by atoms with Gasteiger partial charge in [0.15, 0.2) is 11.5 Å². The number of hydrogen-bond acceptors (Lipinski definition) is 3. The number of aryl methyl sites for hydroxylation is 1. The first kappa shape index (κ1) is 14.3. The molecule has 0 radical (unpaired) electrons. The van der Waals surface area contributed by atoms with Crippen LogP contribution in [0.25, 0.3) is 0 Å². The van der Waals surface area contributed by atoms with Gasteiger partial charge in [-0.05, 0) is 36.2 Å². The summed E-state index contributed by atoms with van der Waals surface area (Å²) in [6, 6.07) is 12.4. The van der Waals surface area contributed by atoms with Crippen LogP contribution in [0.3, 0.4) is 0 Å². The molecule has 3 rings (SSSR count). The van der Waals surface area contributed by atoms with Gasteiger partial charge in [-0.1, -0.05) is 28.1 Å². The molecule has 1 N–H and O–H groups in total. The number of anilines is 1. The second-order valence-electron chi connectivity index (χ2n) is 5.16. The molecule has 3 nitrogen and oxygen atoms in total. The molecule has 0 saturated carbocycles. The van der Waals surface area contributed by atoms with Crippen molar-refractivity contribution in [3.63, 3.8) is 0 Å². The lowest BCUT2D eigenvalue weighted by Crippen LogP contribution is -2.01. The smallest absolute Gasteiger partial charge is 0.163 e. The molecular formula is C17H18BrNO2. The fourth-order valence-electron chi connectivity index (χ4n) is 2.27. The van der Waals surface area contributed by atoms with Crippen molar-refractivity contribution < 1.29 is 9.47 Å². The summed E-state index contributed by atoms with van der Waals surface area (Å²) in [4.78, 5) is 0. The van der Waals surface area contributed by atoms with E-state index in [0.29, 0.717) is 6.61 Å². The van der Waals surface area contributed by atoms with Crippen molar-refractivity contribution in [1.29, 1.82) is 0 Å². The van der Waals surface area contributed by atoms with E-state index in [9.17, 15) is 0 Å². The molecule has 0 fully saturated rings. The first-order valence-electron chi connectivity index (χ1n) is 7.11. The average molecular weight is 348 g/mol. The maximum atomic E-state index is 5.71. The predicted octanol–water partition coefficient (Wildman–Crippen LogP) is 4.53. The van der Waals surface area contributed by atoms with E-state index in [1.54, 1.807) is 0 Å². The average Bonchev–Trinajstić information content (AvgIpc) is 2.71. The highest BCUT2D eigenvalue weighted by Gasteiger charge is 2.10. The van der Waals surface area contributed by atoms with Crippen LogP contribution in [0.2, 0.25) is 0 Å². The standard InChI is InChI=1S/C17H18BrNO2/c1-12-3-4-13(15(18)9-12)11-19-14-5-6-16-17(10-14)21-8-2-7-20-16/h3-6,9-10,19H,2,7-8,11H2,1H3. The van der Waals surface area contributed by atoms with E-state index in [2.05, 4.69) is 46.4 Å². The number of fused-ring (bicyclic) bond motifs is 1. The lowest BCUT2D eigenvalue weighted by molar-refractivity contribution is 0.297. The quantitative estimate of drug-likeness (QED) is 0.884. The Morgan fingerprint density at radius 1 is 1.05 bits per heavy atom. The SMILES string of the molecule is Cc1ccc(CNc2ccc3c(c2)OCCCO3)c(Br)c1. The number of halogens is 1. The van der Waals surface area contributed by atoms with E-state index in [4.69, 9.17) is 9.47 Å². The number of hydrogen-bond donors (Lipinski definition) is 1. The molecule has 0 aromatic heterocycles. The Hall–Kier alpha value is -1.68. The minimum absolute atomic E-state index is 0.708. The van der Waals surface area contributed by atoms with E-state index in [1.165, 1.54) is 11.1 Å². The first-order valence-corrected chi connectivity index (χ1v) is 7.90. The normalized spacial score (nSPS) is 13.6. The van der Waals surface area contributed by atoms with Crippen molar-refractivity contribution in [2.24, 2.45) is 0 Å². The van der Waals surface area contributed by atoms with Crippen molar-refractivity contribution in [2.75, 3.05) is 18.5 Å². The Labute approximate surface area is 133 Å². The third-order valence-corrected chi connectivity index (χ3v) is 4.18. The molecule has 0 bridgehead atoms. The van der Waals surface area contributed by atoms with Crippen molar-refractivity contribution >= 4 is 21.6 Å². The summed E-state index contributed by atoms with van der Waals surface area (Å²) < 4.78 is 12.5. The predicted molar refractivity (Wildman–Crippen MR) is 88.3 cm³/mol. The second kappa shape index (κ2) is 6.39. The summed E-state index contributed by atoms with van der Waals surface area (Å²) in [6.45, 7) is 4.28. The Morgan fingerprint density at radius 2 is 1.86 bits per heavy atom. The molecule has 21 heavy (non-hydrogen) atoms. The summed E-state index contributed by atoms with van der Waals surface area (Å²) in [7, 11) is 0. The molecule has 1 heterocycles.